The van der Waals surface area contributed by atoms with Crippen LogP contribution in [0.4, 0.5) is 0 Å². The van der Waals surface area contributed by atoms with Crippen LogP contribution in [-0.4, -0.2) is 48.8 Å². The molecule has 6 nitrogen and oxygen atoms in total. The summed E-state index contributed by atoms with van der Waals surface area (Å²) in [7, 11) is 0. The first-order chi connectivity index (χ1) is 13.1. The minimum Gasteiger partial charge on any atom is -0.390 e. The van der Waals surface area contributed by atoms with Crippen LogP contribution in [0.3, 0.4) is 0 Å². The number of nitrogens with one attached hydrogen (secondary N) is 2. The van der Waals surface area contributed by atoms with Crippen molar-refractivity contribution >= 4 is 27.7 Å². The van der Waals surface area contributed by atoms with E-state index < -0.39 is 12.2 Å². The Morgan fingerprint density at radius 1 is 1.00 bits per heavy atom. The van der Waals surface area contributed by atoms with Crippen molar-refractivity contribution in [1.29, 1.82) is 0 Å². The summed E-state index contributed by atoms with van der Waals surface area (Å²) >= 11 is 3.34. The van der Waals surface area contributed by atoms with Gasteiger partial charge in [0.05, 0.1) is 18.3 Å². The molecular weight excluding hydrogens is 412 g/mol. The number of hydrogen-bond acceptors (Lipinski definition) is 4. The molecule has 3 rings (SSSR count). The quantitative estimate of drug-likeness (QED) is 0.651. The standard InChI is InChI=1S/C20H21BrN2O4/c21-16-9-5-4-8-15(16)20(26)23-11-17-18(24)14(12-27-17)10-22-19(25)13-6-2-1-3-7-13/h1-9,14,17-18,24H,10-12H2,(H,22,25)(H,23,26)/t14-,17-,18+/m1/s1. The van der Waals surface area contributed by atoms with Gasteiger partial charge in [0.1, 0.15) is 6.10 Å². The predicted molar refractivity (Wildman–Crippen MR) is 104 cm³/mol. The van der Waals surface area contributed by atoms with E-state index in [2.05, 4.69) is 26.6 Å². The lowest BCUT2D eigenvalue weighted by Crippen LogP contribution is -2.41. The van der Waals surface area contributed by atoms with Gasteiger partial charge in [-0.25, -0.2) is 0 Å². The molecule has 1 aliphatic heterocycles. The maximum absolute atomic E-state index is 12.2. The summed E-state index contributed by atoms with van der Waals surface area (Å²) in [6.45, 7) is 0.833. The summed E-state index contributed by atoms with van der Waals surface area (Å²) in [5.41, 5.74) is 1.10. The molecule has 2 aromatic rings. The van der Waals surface area contributed by atoms with E-state index in [1.165, 1.54) is 0 Å². The predicted octanol–water partition coefficient (Wildman–Crippen LogP) is 1.98. The molecule has 0 aliphatic carbocycles. The van der Waals surface area contributed by atoms with Gasteiger partial charge in [-0.2, -0.15) is 0 Å². The molecule has 0 unspecified atom stereocenters. The Labute approximate surface area is 166 Å². The summed E-state index contributed by atoms with van der Waals surface area (Å²) in [5, 5.41) is 16.0. The van der Waals surface area contributed by atoms with Gasteiger partial charge in [0.25, 0.3) is 11.8 Å². The molecule has 0 aromatic heterocycles. The van der Waals surface area contributed by atoms with E-state index in [9.17, 15) is 14.7 Å². The van der Waals surface area contributed by atoms with Crippen LogP contribution in [0.2, 0.25) is 0 Å². The zero-order valence-electron chi connectivity index (χ0n) is 14.6. The number of carbonyl (C=O) groups excluding carboxylic acids is 2. The Morgan fingerprint density at radius 3 is 2.41 bits per heavy atom. The number of aliphatic hydroxyl groups is 1. The third-order valence-corrected chi connectivity index (χ3v) is 5.22. The minimum atomic E-state index is -0.763. The van der Waals surface area contributed by atoms with Crippen LogP contribution in [0.5, 0.6) is 0 Å². The lowest BCUT2D eigenvalue weighted by Gasteiger charge is -2.18. The van der Waals surface area contributed by atoms with Gasteiger partial charge < -0.3 is 20.5 Å². The van der Waals surface area contributed by atoms with Crippen LogP contribution in [0, 0.1) is 5.92 Å². The summed E-state index contributed by atoms with van der Waals surface area (Å²) in [5.74, 6) is -0.643. The second kappa shape index (κ2) is 9.12. The number of amides is 2. The number of ether oxygens (including phenoxy) is 1. The molecule has 7 heteroatoms. The molecule has 1 fully saturated rings. The molecule has 0 bridgehead atoms. The Kier molecular flexibility index (Phi) is 6.60. The highest BCUT2D eigenvalue weighted by molar-refractivity contribution is 9.10. The molecule has 142 valence electrons. The maximum atomic E-state index is 12.2. The van der Waals surface area contributed by atoms with Crippen LogP contribution in [-0.2, 0) is 4.74 Å². The zero-order chi connectivity index (χ0) is 19.2. The lowest BCUT2D eigenvalue weighted by atomic mass is 10.0. The van der Waals surface area contributed by atoms with Crippen molar-refractivity contribution in [2.24, 2.45) is 5.92 Å². The number of aliphatic hydroxyl groups excluding tert-OH is 1. The van der Waals surface area contributed by atoms with Crippen LogP contribution in [0.15, 0.2) is 59.1 Å². The average Bonchev–Trinajstić information content (AvgIpc) is 3.05. The van der Waals surface area contributed by atoms with E-state index in [0.717, 1.165) is 0 Å². The highest BCUT2D eigenvalue weighted by atomic mass is 79.9. The van der Waals surface area contributed by atoms with E-state index >= 15 is 0 Å². The van der Waals surface area contributed by atoms with Crippen LogP contribution in [0.25, 0.3) is 0 Å². The fourth-order valence-corrected chi connectivity index (χ4v) is 3.42. The number of carbonyl (C=O) groups is 2. The van der Waals surface area contributed by atoms with Gasteiger partial charge in [-0.05, 0) is 40.2 Å². The van der Waals surface area contributed by atoms with Crippen molar-refractivity contribution in [3.05, 3.63) is 70.2 Å². The largest absolute Gasteiger partial charge is 0.390 e. The van der Waals surface area contributed by atoms with Crippen molar-refractivity contribution in [3.8, 4) is 0 Å². The first-order valence-electron chi connectivity index (χ1n) is 8.72. The fourth-order valence-electron chi connectivity index (χ4n) is 2.96. The summed E-state index contributed by atoms with van der Waals surface area (Å²) in [6, 6.07) is 16.0. The molecule has 2 aromatic carbocycles. The van der Waals surface area contributed by atoms with Crippen molar-refractivity contribution in [3.63, 3.8) is 0 Å². The van der Waals surface area contributed by atoms with Gasteiger partial charge in [0, 0.05) is 29.0 Å². The van der Waals surface area contributed by atoms with Gasteiger partial charge in [0.15, 0.2) is 0 Å². The third-order valence-electron chi connectivity index (χ3n) is 4.53. The van der Waals surface area contributed by atoms with E-state index in [4.69, 9.17) is 4.74 Å². The summed E-state index contributed by atoms with van der Waals surface area (Å²) in [6.07, 6.45) is -1.27. The van der Waals surface area contributed by atoms with Crippen molar-refractivity contribution < 1.29 is 19.4 Å². The molecular formula is C20H21BrN2O4. The lowest BCUT2D eigenvalue weighted by molar-refractivity contribution is 0.0384. The van der Waals surface area contributed by atoms with Gasteiger partial charge >= 0.3 is 0 Å². The molecule has 1 heterocycles. The van der Waals surface area contributed by atoms with Crippen LogP contribution in [0.1, 0.15) is 20.7 Å². The monoisotopic (exact) mass is 432 g/mol. The van der Waals surface area contributed by atoms with Crippen molar-refractivity contribution in [2.75, 3.05) is 19.7 Å². The Balaban J connectivity index is 1.47. The van der Waals surface area contributed by atoms with Crippen LogP contribution >= 0.6 is 15.9 Å². The molecule has 3 atom stereocenters. The molecule has 3 N–H and O–H groups in total. The Morgan fingerprint density at radius 2 is 1.67 bits per heavy atom. The molecule has 2 amide bonds. The smallest absolute Gasteiger partial charge is 0.252 e. The third kappa shape index (κ3) is 4.94. The zero-order valence-corrected chi connectivity index (χ0v) is 16.2. The van der Waals surface area contributed by atoms with Crippen molar-refractivity contribution in [2.45, 2.75) is 12.2 Å². The average molecular weight is 433 g/mol. The normalized spacial score (nSPS) is 21.6. The summed E-state index contributed by atoms with van der Waals surface area (Å²) < 4.78 is 6.31. The van der Waals surface area contributed by atoms with E-state index in [0.29, 0.717) is 28.8 Å². The van der Waals surface area contributed by atoms with E-state index in [1.807, 2.05) is 12.1 Å². The Hall–Kier alpha value is -2.22. The number of rotatable bonds is 6. The molecule has 0 radical (unpaired) electrons. The number of halogens is 1. The Bertz CT molecular complexity index is 800. The van der Waals surface area contributed by atoms with E-state index in [1.54, 1.807) is 42.5 Å². The highest BCUT2D eigenvalue weighted by Crippen LogP contribution is 2.20. The first kappa shape index (κ1) is 19.5. The first-order valence-corrected chi connectivity index (χ1v) is 9.51. The summed E-state index contributed by atoms with van der Waals surface area (Å²) in [4.78, 5) is 24.3. The van der Waals surface area contributed by atoms with E-state index in [-0.39, 0.29) is 24.3 Å². The SMILES string of the molecule is O=C(NC[C@@H]1CO[C@H](CNC(=O)c2ccccc2Br)[C@H]1O)c1ccccc1. The number of benzene rings is 2. The second-order valence-electron chi connectivity index (χ2n) is 6.39. The molecule has 0 spiro atoms. The van der Waals surface area contributed by atoms with Crippen LogP contribution < -0.4 is 10.6 Å². The fraction of sp³-hybridized carbons (Fsp3) is 0.300. The van der Waals surface area contributed by atoms with Gasteiger partial charge in [-0.1, -0.05) is 30.3 Å². The van der Waals surface area contributed by atoms with Gasteiger partial charge in [0.2, 0.25) is 0 Å². The van der Waals surface area contributed by atoms with Crippen molar-refractivity contribution in [1.82, 2.24) is 10.6 Å². The molecule has 1 aliphatic rings. The highest BCUT2D eigenvalue weighted by Gasteiger charge is 2.36. The molecule has 0 saturated carbocycles. The molecule has 1 saturated heterocycles. The van der Waals surface area contributed by atoms with Gasteiger partial charge in [-0.15, -0.1) is 0 Å². The van der Waals surface area contributed by atoms with Gasteiger partial charge in [-0.3, -0.25) is 9.59 Å². The minimum absolute atomic E-state index is 0.187. The molecule has 27 heavy (non-hydrogen) atoms. The number of hydrogen-bond donors (Lipinski definition) is 3. The second-order valence-corrected chi connectivity index (χ2v) is 7.24. The maximum Gasteiger partial charge on any atom is 0.252 e. The topological polar surface area (TPSA) is 87.7 Å².